The lowest BCUT2D eigenvalue weighted by atomic mass is 9.94. The first kappa shape index (κ1) is 40.0. The number of allylic oxidation sites excluding steroid dienone is 1. The van der Waals surface area contributed by atoms with E-state index in [0.29, 0.717) is 12.8 Å². The zero-order valence-corrected chi connectivity index (χ0v) is 30.9. The molecule has 2 aromatic rings. The highest BCUT2D eigenvalue weighted by Crippen LogP contribution is 2.44. The summed E-state index contributed by atoms with van der Waals surface area (Å²) in [6.45, 7) is 16.0. The van der Waals surface area contributed by atoms with E-state index in [2.05, 4.69) is 22.8 Å². The summed E-state index contributed by atoms with van der Waals surface area (Å²) in [4.78, 5) is 65.9. The van der Waals surface area contributed by atoms with E-state index in [0.717, 1.165) is 22.3 Å². The summed E-state index contributed by atoms with van der Waals surface area (Å²) in [5.41, 5.74) is 3.62. The maximum Gasteiger partial charge on any atom is 0.407 e. The fourth-order valence-electron chi connectivity index (χ4n) is 5.95. The zero-order chi connectivity index (χ0) is 37.2. The Balaban J connectivity index is 1.70. The number of amides is 2. The number of carbonyl (C=O) groups is 5. The molecule has 0 spiro atoms. The molecule has 0 heterocycles. The standard InChI is InChI=1S/C40H54N2O8/c1-10-17-33(26(6)32(43)22-34(44)50-40(7,8)9)49-38(46)36(25(5)12-3)41-37(45)35(24(4)11-2)42-39(47)48-23-31-29-20-15-13-18-27(29)28-19-14-16-21-30(28)31/h10,13-21,24-26,31,33,35-36H,11-12,22-23H2,1-9H3,(H,41,45)(H,42,47)/b17-10+/t24-,25-,26-,33-,35-,36-/m0/s1. The summed E-state index contributed by atoms with van der Waals surface area (Å²) < 4.78 is 16.8. The van der Waals surface area contributed by atoms with Crippen molar-refractivity contribution in [3.8, 4) is 11.1 Å². The molecular weight excluding hydrogens is 636 g/mol. The molecule has 2 amide bonds. The Bertz CT molecular complexity index is 1500. The van der Waals surface area contributed by atoms with E-state index in [9.17, 15) is 24.0 Å². The van der Waals surface area contributed by atoms with Crippen LogP contribution >= 0.6 is 0 Å². The van der Waals surface area contributed by atoms with Crippen molar-refractivity contribution in [2.24, 2.45) is 17.8 Å². The Morgan fingerprint density at radius 3 is 1.88 bits per heavy atom. The number of carbonyl (C=O) groups excluding carboxylic acids is 5. The molecule has 50 heavy (non-hydrogen) atoms. The minimum atomic E-state index is -1.07. The summed E-state index contributed by atoms with van der Waals surface area (Å²) in [6.07, 6.45) is 2.16. The van der Waals surface area contributed by atoms with Gasteiger partial charge in [0.05, 0.1) is 5.92 Å². The average Bonchev–Trinajstić information content (AvgIpc) is 3.39. The Hall–Kier alpha value is -4.47. The maximum absolute atomic E-state index is 13.8. The van der Waals surface area contributed by atoms with Gasteiger partial charge < -0.3 is 24.8 Å². The third-order valence-corrected chi connectivity index (χ3v) is 9.25. The minimum Gasteiger partial charge on any atom is -0.460 e. The Labute approximate surface area is 296 Å². The first-order chi connectivity index (χ1) is 23.6. The van der Waals surface area contributed by atoms with Crippen LogP contribution in [0.25, 0.3) is 11.1 Å². The third kappa shape index (κ3) is 10.5. The zero-order valence-electron chi connectivity index (χ0n) is 30.9. The first-order valence-corrected chi connectivity index (χ1v) is 17.6. The van der Waals surface area contributed by atoms with Gasteiger partial charge in [0.2, 0.25) is 5.91 Å². The lowest BCUT2D eigenvalue weighted by Gasteiger charge is -2.30. The highest BCUT2D eigenvalue weighted by atomic mass is 16.6. The summed E-state index contributed by atoms with van der Waals surface area (Å²) in [7, 11) is 0. The largest absolute Gasteiger partial charge is 0.460 e. The van der Waals surface area contributed by atoms with E-state index in [4.69, 9.17) is 14.2 Å². The number of Topliss-reactive ketones (excluding diaryl/α,β-unsaturated/α-hetero) is 1. The number of esters is 2. The fraction of sp³-hybridized carbons (Fsp3) is 0.525. The molecular formula is C40H54N2O8. The predicted octanol–water partition coefficient (Wildman–Crippen LogP) is 6.90. The topological polar surface area (TPSA) is 137 Å². The van der Waals surface area contributed by atoms with Gasteiger partial charge in [0.15, 0.2) is 5.78 Å². The number of nitrogens with one attached hydrogen (secondary N) is 2. The van der Waals surface area contributed by atoms with Gasteiger partial charge in [0.25, 0.3) is 0 Å². The van der Waals surface area contributed by atoms with E-state index in [1.54, 1.807) is 46.8 Å². The highest BCUT2D eigenvalue weighted by Gasteiger charge is 2.36. The van der Waals surface area contributed by atoms with Crippen LogP contribution in [0.2, 0.25) is 0 Å². The van der Waals surface area contributed by atoms with Crippen LogP contribution in [0.3, 0.4) is 0 Å². The summed E-state index contributed by atoms with van der Waals surface area (Å²) >= 11 is 0. The van der Waals surface area contributed by atoms with Crippen LogP contribution in [0.15, 0.2) is 60.7 Å². The van der Waals surface area contributed by atoms with Crippen LogP contribution in [0.1, 0.15) is 98.6 Å². The lowest BCUT2D eigenvalue weighted by Crippen LogP contribution is -2.56. The third-order valence-electron chi connectivity index (χ3n) is 9.25. The van der Waals surface area contributed by atoms with Crippen molar-refractivity contribution in [3.63, 3.8) is 0 Å². The van der Waals surface area contributed by atoms with Crippen molar-refractivity contribution in [3.05, 3.63) is 71.8 Å². The number of ketones is 1. The van der Waals surface area contributed by atoms with Gasteiger partial charge in [-0.05, 0) is 67.9 Å². The van der Waals surface area contributed by atoms with Gasteiger partial charge in [0.1, 0.15) is 36.8 Å². The van der Waals surface area contributed by atoms with Crippen LogP contribution < -0.4 is 10.6 Å². The molecule has 6 atom stereocenters. The smallest absolute Gasteiger partial charge is 0.407 e. The van der Waals surface area contributed by atoms with Crippen LogP contribution in [0.5, 0.6) is 0 Å². The number of rotatable bonds is 16. The van der Waals surface area contributed by atoms with E-state index in [-0.39, 0.29) is 24.4 Å². The molecule has 0 radical (unpaired) electrons. The normalized spacial score (nSPS) is 16.2. The molecule has 10 nitrogen and oxygen atoms in total. The number of benzene rings is 2. The van der Waals surface area contributed by atoms with Crippen molar-refractivity contribution < 1.29 is 38.2 Å². The molecule has 0 unspecified atom stereocenters. The summed E-state index contributed by atoms with van der Waals surface area (Å²) in [6, 6.07) is 14.0. The number of hydrogen-bond acceptors (Lipinski definition) is 8. The van der Waals surface area contributed by atoms with Gasteiger partial charge in [-0.1, -0.05) is 102 Å². The van der Waals surface area contributed by atoms with Gasteiger partial charge >= 0.3 is 18.0 Å². The van der Waals surface area contributed by atoms with Gasteiger partial charge in [-0.3, -0.25) is 14.4 Å². The molecule has 0 saturated carbocycles. The second kappa shape index (κ2) is 18.0. The van der Waals surface area contributed by atoms with Crippen LogP contribution in [-0.2, 0) is 33.4 Å². The lowest BCUT2D eigenvalue weighted by molar-refractivity contribution is -0.158. The number of ether oxygens (including phenoxy) is 3. The highest BCUT2D eigenvalue weighted by molar-refractivity contribution is 5.97. The number of fused-ring (bicyclic) bond motifs is 3. The molecule has 1 aliphatic carbocycles. The van der Waals surface area contributed by atoms with Crippen molar-refractivity contribution >= 4 is 29.7 Å². The van der Waals surface area contributed by atoms with Crippen LogP contribution in [0.4, 0.5) is 4.79 Å². The van der Waals surface area contributed by atoms with Gasteiger partial charge in [-0.25, -0.2) is 9.59 Å². The molecule has 2 N–H and O–H groups in total. The van der Waals surface area contributed by atoms with Crippen molar-refractivity contribution in [1.82, 2.24) is 10.6 Å². The molecule has 0 aliphatic heterocycles. The maximum atomic E-state index is 13.8. The quantitative estimate of drug-likeness (QED) is 0.0841. The molecule has 2 aromatic carbocycles. The van der Waals surface area contributed by atoms with Crippen LogP contribution in [0, 0.1) is 17.8 Å². The molecule has 0 aromatic heterocycles. The van der Waals surface area contributed by atoms with Crippen molar-refractivity contribution in [1.29, 1.82) is 0 Å². The number of hydrogen-bond donors (Lipinski definition) is 2. The van der Waals surface area contributed by atoms with E-state index >= 15 is 0 Å². The van der Waals surface area contributed by atoms with E-state index in [1.165, 1.54) is 0 Å². The summed E-state index contributed by atoms with van der Waals surface area (Å²) in [5, 5.41) is 5.56. The van der Waals surface area contributed by atoms with Crippen LogP contribution in [-0.4, -0.2) is 60.1 Å². The molecule has 1 aliphatic rings. The van der Waals surface area contributed by atoms with Gasteiger partial charge in [-0.15, -0.1) is 0 Å². The molecule has 0 fully saturated rings. The molecule has 10 heteroatoms. The SMILES string of the molecule is C/C=C/[C@H](OC(=O)[C@@H](NC(=O)[C@@H](NC(=O)OCC1c2ccccc2-c2ccccc21)[C@@H](C)CC)[C@@H](C)CC)[C@@H](C)C(=O)CC(=O)OC(C)(C)C. The fourth-order valence-corrected chi connectivity index (χ4v) is 5.95. The van der Waals surface area contributed by atoms with Crippen molar-refractivity contribution in [2.75, 3.05) is 6.61 Å². The second-order valence-corrected chi connectivity index (χ2v) is 14.2. The Kier molecular flexibility index (Phi) is 14.4. The van der Waals surface area contributed by atoms with Gasteiger partial charge in [-0.2, -0.15) is 0 Å². The average molecular weight is 691 g/mol. The molecule has 272 valence electrons. The molecule has 0 bridgehead atoms. The second-order valence-electron chi connectivity index (χ2n) is 14.2. The van der Waals surface area contributed by atoms with E-state index in [1.807, 2.05) is 64.1 Å². The van der Waals surface area contributed by atoms with Gasteiger partial charge in [0, 0.05) is 5.92 Å². The predicted molar refractivity (Wildman–Crippen MR) is 192 cm³/mol. The Morgan fingerprint density at radius 1 is 0.820 bits per heavy atom. The molecule has 3 rings (SSSR count). The summed E-state index contributed by atoms with van der Waals surface area (Å²) in [5.74, 6) is -3.99. The Morgan fingerprint density at radius 2 is 1.36 bits per heavy atom. The molecule has 0 saturated heterocycles. The van der Waals surface area contributed by atoms with Crippen molar-refractivity contribution in [2.45, 2.75) is 111 Å². The minimum absolute atomic E-state index is 0.0910. The monoisotopic (exact) mass is 690 g/mol. The number of alkyl carbamates (subject to hydrolysis) is 1. The first-order valence-electron chi connectivity index (χ1n) is 17.6. The van der Waals surface area contributed by atoms with E-state index < -0.39 is 65.8 Å².